The molecule has 1 nitrogen and oxygen atoms in total. The summed E-state index contributed by atoms with van der Waals surface area (Å²) in [6.45, 7) is 1.96. The van der Waals surface area contributed by atoms with E-state index in [9.17, 15) is 4.79 Å². The number of carbonyl (C=O) groups excluding carboxylic acids is 1. The van der Waals surface area contributed by atoms with Crippen molar-refractivity contribution in [2.45, 2.75) is 6.92 Å². The highest BCUT2D eigenvalue weighted by Crippen LogP contribution is 2.20. The largest absolute Gasteiger partial charge is 0.289 e. The second-order valence-corrected chi connectivity index (χ2v) is 6.09. The highest BCUT2D eigenvalue weighted by Gasteiger charge is 2.12. The Balaban J connectivity index is 2.41. The fourth-order valence-corrected chi connectivity index (χ4v) is 2.74. The van der Waals surface area contributed by atoms with Crippen molar-refractivity contribution >= 4 is 39.7 Å². The molecule has 0 fully saturated rings. The van der Waals surface area contributed by atoms with Crippen molar-refractivity contribution in [1.29, 1.82) is 0 Å². The van der Waals surface area contributed by atoms with Crippen LogP contribution in [0.15, 0.2) is 35.7 Å². The van der Waals surface area contributed by atoms with Crippen LogP contribution in [0.4, 0.5) is 0 Å². The molecule has 0 N–H and O–H groups in total. The minimum absolute atomic E-state index is 0.118. The number of benzene rings is 1. The lowest BCUT2D eigenvalue weighted by Gasteiger charge is -2.01. The van der Waals surface area contributed by atoms with Crippen LogP contribution in [0.5, 0.6) is 0 Å². The van der Waals surface area contributed by atoms with E-state index in [1.54, 1.807) is 11.3 Å². The number of carbonyl (C=O) groups is 1. The summed E-state index contributed by atoms with van der Waals surface area (Å²) < 4.78 is 1.14. The summed E-state index contributed by atoms with van der Waals surface area (Å²) in [6.07, 6.45) is 0. The summed E-state index contributed by atoms with van der Waals surface area (Å²) in [7, 11) is 0. The Morgan fingerprint density at radius 2 is 2.07 bits per heavy atom. The number of hydrogen-bond donors (Lipinski definition) is 0. The fraction of sp³-hybridized carbons (Fsp3) is 0.0833. The van der Waals surface area contributed by atoms with Crippen molar-refractivity contribution in [2.75, 3.05) is 0 Å². The third kappa shape index (κ3) is 2.29. The second-order valence-electron chi connectivity index (χ2n) is 3.28. The molecule has 2 rings (SSSR count). The van der Waals surface area contributed by atoms with E-state index in [-0.39, 0.29) is 5.78 Å². The van der Waals surface area contributed by atoms with Crippen molar-refractivity contribution in [1.82, 2.24) is 0 Å². The molecule has 15 heavy (non-hydrogen) atoms. The van der Waals surface area contributed by atoms with E-state index in [1.807, 2.05) is 42.6 Å². The summed E-state index contributed by atoms with van der Waals surface area (Å²) in [5.74, 6) is 0.118. The predicted octanol–water partition coefficient (Wildman–Crippen LogP) is 3.89. The zero-order chi connectivity index (χ0) is 10.8. The van der Waals surface area contributed by atoms with E-state index >= 15 is 0 Å². The normalized spacial score (nSPS) is 10.3. The van der Waals surface area contributed by atoms with Crippen LogP contribution < -0.4 is 0 Å². The van der Waals surface area contributed by atoms with Crippen LogP contribution in [0, 0.1) is 9.81 Å². The van der Waals surface area contributed by atoms with Gasteiger partial charge in [0.25, 0.3) is 0 Å². The SMILES string of the molecule is Cc1ccccc1C(=O)c1csc(I)c1. The first-order chi connectivity index (χ1) is 7.18. The number of hydrogen-bond acceptors (Lipinski definition) is 2. The Kier molecular flexibility index (Phi) is 3.21. The van der Waals surface area contributed by atoms with Gasteiger partial charge in [0.15, 0.2) is 5.78 Å². The van der Waals surface area contributed by atoms with Gasteiger partial charge in [-0.25, -0.2) is 0 Å². The quantitative estimate of drug-likeness (QED) is 0.604. The highest BCUT2D eigenvalue weighted by atomic mass is 127. The van der Waals surface area contributed by atoms with Gasteiger partial charge in [-0.05, 0) is 41.1 Å². The van der Waals surface area contributed by atoms with Gasteiger partial charge in [0.05, 0.1) is 2.88 Å². The van der Waals surface area contributed by atoms with Crippen LogP contribution in [0.25, 0.3) is 0 Å². The van der Waals surface area contributed by atoms with Crippen LogP contribution in [0.2, 0.25) is 0 Å². The molecule has 0 aliphatic rings. The maximum Gasteiger partial charge on any atom is 0.194 e. The molecule has 1 aromatic heterocycles. The average molecular weight is 328 g/mol. The van der Waals surface area contributed by atoms with Crippen molar-refractivity contribution < 1.29 is 4.79 Å². The molecular formula is C12H9IOS. The maximum atomic E-state index is 12.1. The number of rotatable bonds is 2. The molecule has 0 spiro atoms. The van der Waals surface area contributed by atoms with Crippen LogP contribution in [-0.4, -0.2) is 5.78 Å². The molecule has 0 aliphatic heterocycles. The van der Waals surface area contributed by atoms with Gasteiger partial charge in [-0.1, -0.05) is 24.3 Å². The Bertz CT molecular complexity index is 502. The van der Waals surface area contributed by atoms with E-state index in [1.165, 1.54) is 0 Å². The smallest absolute Gasteiger partial charge is 0.194 e. The summed E-state index contributed by atoms with van der Waals surface area (Å²) >= 11 is 3.83. The lowest BCUT2D eigenvalue weighted by molar-refractivity contribution is 0.103. The molecule has 0 amide bonds. The molecule has 1 aromatic carbocycles. The van der Waals surface area contributed by atoms with Crippen LogP contribution in [0.3, 0.4) is 0 Å². The molecule has 0 atom stereocenters. The van der Waals surface area contributed by atoms with Crippen molar-refractivity contribution in [2.24, 2.45) is 0 Å². The fourth-order valence-electron chi connectivity index (χ4n) is 1.41. The molecule has 0 aliphatic carbocycles. The number of aryl methyl sites for hydroxylation is 1. The Morgan fingerprint density at radius 1 is 1.33 bits per heavy atom. The van der Waals surface area contributed by atoms with Crippen LogP contribution in [0.1, 0.15) is 21.5 Å². The molecule has 0 saturated carbocycles. The van der Waals surface area contributed by atoms with Gasteiger partial charge in [-0.15, -0.1) is 11.3 Å². The van der Waals surface area contributed by atoms with Gasteiger partial charge in [-0.3, -0.25) is 4.79 Å². The van der Waals surface area contributed by atoms with E-state index in [2.05, 4.69) is 22.6 Å². The minimum atomic E-state index is 0.118. The summed E-state index contributed by atoms with van der Waals surface area (Å²) in [5, 5.41) is 1.91. The lowest BCUT2D eigenvalue weighted by atomic mass is 10.0. The summed E-state index contributed by atoms with van der Waals surface area (Å²) in [6, 6.07) is 9.62. The van der Waals surface area contributed by atoms with Crippen molar-refractivity contribution in [3.63, 3.8) is 0 Å². The molecule has 1 heterocycles. The van der Waals surface area contributed by atoms with Crippen LogP contribution >= 0.6 is 33.9 Å². The molecule has 0 bridgehead atoms. The standard InChI is InChI=1S/C12H9IOS/c1-8-4-2-3-5-10(8)12(14)9-6-11(13)15-7-9/h2-7H,1H3. The van der Waals surface area contributed by atoms with Crippen molar-refractivity contribution in [3.05, 3.63) is 55.3 Å². The zero-order valence-electron chi connectivity index (χ0n) is 8.16. The van der Waals surface area contributed by atoms with Gasteiger partial charge < -0.3 is 0 Å². The molecule has 2 aromatic rings. The molecule has 76 valence electrons. The first-order valence-corrected chi connectivity index (χ1v) is 6.48. The Labute approximate surface area is 106 Å². The highest BCUT2D eigenvalue weighted by molar-refractivity contribution is 14.1. The van der Waals surface area contributed by atoms with Gasteiger partial charge in [0, 0.05) is 16.5 Å². The van der Waals surface area contributed by atoms with E-state index in [0.29, 0.717) is 0 Å². The summed E-state index contributed by atoms with van der Waals surface area (Å²) in [4.78, 5) is 12.1. The van der Waals surface area contributed by atoms with Gasteiger partial charge in [-0.2, -0.15) is 0 Å². The van der Waals surface area contributed by atoms with Gasteiger partial charge in [0.2, 0.25) is 0 Å². The minimum Gasteiger partial charge on any atom is -0.289 e. The second kappa shape index (κ2) is 4.45. The first-order valence-electron chi connectivity index (χ1n) is 4.53. The third-order valence-corrected chi connectivity index (χ3v) is 4.01. The molecule has 0 unspecified atom stereocenters. The first kappa shape index (κ1) is 10.8. The molecule has 3 heteroatoms. The van der Waals surface area contributed by atoms with Crippen LogP contribution in [-0.2, 0) is 0 Å². The van der Waals surface area contributed by atoms with Crippen molar-refractivity contribution in [3.8, 4) is 0 Å². The number of thiophene rings is 1. The maximum absolute atomic E-state index is 12.1. The Hall–Kier alpha value is -0.680. The average Bonchev–Trinajstić information content (AvgIpc) is 2.65. The topological polar surface area (TPSA) is 17.1 Å². The zero-order valence-corrected chi connectivity index (χ0v) is 11.1. The van der Waals surface area contributed by atoms with E-state index < -0.39 is 0 Å². The van der Waals surface area contributed by atoms with E-state index in [0.717, 1.165) is 19.6 Å². The van der Waals surface area contributed by atoms with Gasteiger partial charge >= 0.3 is 0 Å². The van der Waals surface area contributed by atoms with Gasteiger partial charge in [0.1, 0.15) is 0 Å². The summed E-state index contributed by atoms with van der Waals surface area (Å²) in [5.41, 5.74) is 2.62. The third-order valence-electron chi connectivity index (χ3n) is 2.22. The monoisotopic (exact) mass is 328 g/mol. The molecule has 0 saturated heterocycles. The Morgan fingerprint density at radius 3 is 2.67 bits per heavy atom. The number of ketones is 1. The van der Waals surface area contributed by atoms with E-state index in [4.69, 9.17) is 0 Å². The number of halogens is 1. The molecule has 0 radical (unpaired) electrons. The lowest BCUT2D eigenvalue weighted by Crippen LogP contribution is -2.01. The predicted molar refractivity (Wildman–Crippen MR) is 71.6 cm³/mol. The molecular weight excluding hydrogens is 319 g/mol.